The van der Waals surface area contributed by atoms with Crippen LogP contribution < -0.4 is 0 Å². The van der Waals surface area contributed by atoms with Crippen LogP contribution in [0.3, 0.4) is 0 Å². The Labute approximate surface area is 150 Å². The monoisotopic (exact) mass is 355 g/mol. The van der Waals surface area contributed by atoms with Gasteiger partial charge < -0.3 is 9.47 Å². The third-order valence-corrected chi connectivity index (χ3v) is 4.86. The largest absolute Gasteiger partial charge is 0.340 e. The number of rotatable bonds is 2. The van der Waals surface area contributed by atoms with Crippen molar-refractivity contribution in [1.82, 2.24) is 24.4 Å². The molecule has 1 amide bonds. The van der Waals surface area contributed by atoms with Gasteiger partial charge in [0.05, 0.1) is 11.3 Å². The molecular weight excluding hydrogens is 338 g/mol. The van der Waals surface area contributed by atoms with Gasteiger partial charge in [0, 0.05) is 49.5 Å². The minimum absolute atomic E-state index is 0.00169. The molecule has 7 heteroatoms. The molecule has 6 nitrogen and oxygen atoms in total. The highest BCUT2D eigenvalue weighted by Crippen LogP contribution is 2.28. The molecule has 0 N–H and O–H groups in total. The number of likely N-dealkylation sites (tertiary alicyclic amines) is 1. The van der Waals surface area contributed by atoms with Crippen LogP contribution in [-0.4, -0.2) is 43.4 Å². The highest BCUT2D eigenvalue weighted by atomic mass is 35.5. The maximum atomic E-state index is 12.5. The molecule has 3 aromatic heterocycles. The van der Waals surface area contributed by atoms with Crippen LogP contribution in [0, 0.1) is 0 Å². The lowest BCUT2D eigenvalue weighted by atomic mass is 9.92. The number of hydrogen-bond donors (Lipinski definition) is 0. The van der Waals surface area contributed by atoms with Gasteiger partial charge in [0.25, 0.3) is 5.91 Å². The number of imidazole rings is 1. The van der Waals surface area contributed by atoms with Crippen LogP contribution in [0.15, 0.2) is 36.9 Å². The minimum atomic E-state index is 0.00169. The molecule has 128 valence electrons. The Hall–Kier alpha value is -2.47. The van der Waals surface area contributed by atoms with Crippen molar-refractivity contribution >= 4 is 28.5 Å². The van der Waals surface area contributed by atoms with Gasteiger partial charge in [0.2, 0.25) is 0 Å². The maximum Gasteiger partial charge on any atom is 0.274 e. The number of pyridine rings is 2. The van der Waals surface area contributed by atoms with E-state index in [1.54, 1.807) is 23.3 Å². The van der Waals surface area contributed by atoms with E-state index in [0.717, 1.165) is 23.9 Å². The van der Waals surface area contributed by atoms with E-state index in [1.165, 1.54) is 0 Å². The summed E-state index contributed by atoms with van der Waals surface area (Å²) in [7, 11) is 1.86. The van der Waals surface area contributed by atoms with Gasteiger partial charge in [0.1, 0.15) is 5.69 Å². The van der Waals surface area contributed by atoms with E-state index in [2.05, 4.69) is 15.0 Å². The average Bonchev–Trinajstić information content (AvgIpc) is 3.07. The second-order valence-corrected chi connectivity index (χ2v) is 6.86. The molecule has 1 aliphatic heterocycles. The summed E-state index contributed by atoms with van der Waals surface area (Å²) in [5, 5.41) is 1.56. The van der Waals surface area contributed by atoms with Crippen LogP contribution in [0.1, 0.15) is 34.9 Å². The zero-order valence-corrected chi connectivity index (χ0v) is 14.6. The van der Waals surface area contributed by atoms with Crippen molar-refractivity contribution in [2.24, 2.45) is 7.05 Å². The molecule has 0 unspecified atom stereocenters. The Balaban J connectivity index is 1.46. The summed E-state index contributed by atoms with van der Waals surface area (Å²) in [6.45, 7) is 1.43. The Bertz CT molecular complexity index is 930. The van der Waals surface area contributed by atoms with E-state index < -0.39 is 0 Å². The van der Waals surface area contributed by atoms with Gasteiger partial charge in [-0.05, 0) is 31.0 Å². The Morgan fingerprint density at radius 1 is 1.24 bits per heavy atom. The number of halogens is 1. The number of aryl methyl sites for hydroxylation is 1. The van der Waals surface area contributed by atoms with Crippen molar-refractivity contribution in [3.8, 4) is 0 Å². The molecule has 1 fully saturated rings. The number of nitrogens with zero attached hydrogens (tertiary/aromatic N) is 5. The first-order valence-electron chi connectivity index (χ1n) is 8.29. The summed E-state index contributed by atoms with van der Waals surface area (Å²) in [6, 6.07) is 5.93. The normalized spacial score (nSPS) is 15.7. The van der Waals surface area contributed by atoms with Crippen LogP contribution in [0.4, 0.5) is 0 Å². The number of piperidine rings is 1. The lowest BCUT2D eigenvalue weighted by Crippen LogP contribution is -2.38. The van der Waals surface area contributed by atoms with Crippen LogP contribution >= 0.6 is 11.6 Å². The van der Waals surface area contributed by atoms with E-state index in [1.807, 2.05) is 30.1 Å². The first-order valence-corrected chi connectivity index (χ1v) is 8.67. The van der Waals surface area contributed by atoms with Crippen molar-refractivity contribution in [3.05, 3.63) is 53.3 Å². The van der Waals surface area contributed by atoms with Crippen LogP contribution in [0.5, 0.6) is 0 Å². The van der Waals surface area contributed by atoms with Crippen molar-refractivity contribution in [3.63, 3.8) is 0 Å². The fourth-order valence-corrected chi connectivity index (χ4v) is 3.46. The standard InChI is InChI=1S/C18H18ClN5O/c1-23-10-16(21-11-23)18(25)24-6-4-12(5-7-24)15-3-2-13-8-14(19)9-20-17(13)22-15/h2-3,8-12H,4-7H2,1H3. The highest BCUT2D eigenvalue weighted by Gasteiger charge is 2.26. The van der Waals surface area contributed by atoms with Gasteiger partial charge in [-0.15, -0.1) is 0 Å². The SMILES string of the molecule is Cn1cnc(C(=O)N2CCC(c3ccc4cc(Cl)cnc4n3)CC2)c1. The fourth-order valence-electron chi connectivity index (χ4n) is 3.29. The Morgan fingerprint density at radius 3 is 2.76 bits per heavy atom. The van der Waals surface area contributed by atoms with Gasteiger partial charge in [-0.1, -0.05) is 11.6 Å². The van der Waals surface area contributed by atoms with E-state index >= 15 is 0 Å². The molecule has 25 heavy (non-hydrogen) atoms. The van der Waals surface area contributed by atoms with Gasteiger partial charge in [-0.25, -0.2) is 15.0 Å². The van der Waals surface area contributed by atoms with E-state index in [0.29, 0.717) is 35.4 Å². The van der Waals surface area contributed by atoms with E-state index in [9.17, 15) is 4.79 Å². The highest BCUT2D eigenvalue weighted by molar-refractivity contribution is 6.31. The molecule has 4 rings (SSSR count). The summed E-state index contributed by atoms with van der Waals surface area (Å²) >= 11 is 5.97. The summed E-state index contributed by atoms with van der Waals surface area (Å²) in [5.41, 5.74) is 2.26. The smallest absolute Gasteiger partial charge is 0.274 e. The molecule has 0 bridgehead atoms. The molecule has 1 aliphatic rings. The molecule has 0 spiro atoms. The number of amides is 1. The van der Waals surface area contributed by atoms with E-state index in [-0.39, 0.29) is 5.91 Å². The number of aromatic nitrogens is 4. The minimum Gasteiger partial charge on any atom is -0.340 e. The third-order valence-electron chi connectivity index (χ3n) is 4.65. The zero-order chi connectivity index (χ0) is 17.4. The molecule has 0 aromatic carbocycles. The average molecular weight is 356 g/mol. The predicted molar refractivity (Wildman–Crippen MR) is 95.6 cm³/mol. The topological polar surface area (TPSA) is 63.9 Å². The second-order valence-electron chi connectivity index (χ2n) is 6.43. The molecule has 3 aromatic rings. The van der Waals surface area contributed by atoms with Crippen molar-refractivity contribution in [2.45, 2.75) is 18.8 Å². The van der Waals surface area contributed by atoms with Crippen molar-refractivity contribution < 1.29 is 4.79 Å². The van der Waals surface area contributed by atoms with Crippen molar-refractivity contribution in [2.75, 3.05) is 13.1 Å². The predicted octanol–water partition coefficient (Wildman–Crippen LogP) is 3.04. The molecule has 1 saturated heterocycles. The number of hydrogen-bond acceptors (Lipinski definition) is 4. The summed E-state index contributed by atoms with van der Waals surface area (Å²) < 4.78 is 1.79. The summed E-state index contributed by atoms with van der Waals surface area (Å²) in [6.07, 6.45) is 6.82. The molecular formula is C18H18ClN5O. The van der Waals surface area contributed by atoms with Crippen LogP contribution in [-0.2, 0) is 7.05 Å². The maximum absolute atomic E-state index is 12.5. The lowest BCUT2D eigenvalue weighted by molar-refractivity contribution is 0.0706. The Kier molecular flexibility index (Phi) is 4.13. The zero-order valence-electron chi connectivity index (χ0n) is 13.9. The van der Waals surface area contributed by atoms with Gasteiger partial charge in [-0.2, -0.15) is 0 Å². The molecule has 0 aliphatic carbocycles. The first kappa shape index (κ1) is 16.0. The number of carbonyl (C=O) groups is 1. The van der Waals surface area contributed by atoms with Gasteiger partial charge in [-0.3, -0.25) is 4.79 Å². The van der Waals surface area contributed by atoms with Crippen LogP contribution in [0.2, 0.25) is 5.02 Å². The number of carbonyl (C=O) groups excluding carboxylic acids is 1. The molecule has 0 atom stereocenters. The molecule has 4 heterocycles. The Morgan fingerprint density at radius 2 is 2.04 bits per heavy atom. The first-order chi connectivity index (χ1) is 12.1. The molecule has 0 saturated carbocycles. The summed E-state index contributed by atoms with van der Waals surface area (Å²) in [5.74, 6) is 0.344. The molecule has 0 radical (unpaired) electrons. The van der Waals surface area contributed by atoms with Crippen molar-refractivity contribution in [1.29, 1.82) is 0 Å². The lowest BCUT2D eigenvalue weighted by Gasteiger charge is -2.31. The van der Waals surface area contributed by atoms with E-state index in [4.69, 9.17) is 11.6 Å². The van der Waals surface area contributed by atoms with Gasteiger partial charge in [0.15, 0.2) is 5.65 Å². The third kappa shape index (κ3) is 3.22. The quantitative estimate of drug-likeness (QED) is 0.708. The second kappa shape index (κ2) is 6.44. The number of fused-ring (bicyclic) bond motifs is 1. The fraction of sp³-hybridized carbons (Fsp3) is 0.333. The summed E-state index contributed by atoms with van der Waals surface area (Å²) in [4.78, 5) is 27.5. The van der Waals surface area contributed by atoms with Gasteiger partial charge >= 0.3 is 0 Å². The van der Waals surface area contributed by atoms with Crippen LogP contribution in [0.25, 0.3) is 11.0 Å².